The molecule has 2 rings (SSSR count). The molecule has 0 aliphatic carbocycles. The molecular weight excluding hydrogens is 352 g/mol. The van der Waals surface area contributed by atoms with Crippen LogP contribution in [0.1, 0.15) is 26.2 Å². The number of hydrogen-bond donors (Lipinski definition) is 3. The van der Waals surface area contributed by atoms with E-state index in [1.54, 1.807) is 12.1 Å². The van der Waals surface area contributed by atoms with Crippen molar-refractivity contribution in [3.8, 4) is 0 Å². The molecule has 8 nitrogen and oxygen atoms in total. The second-order valence-electron chi connectivity index (χ2n) is 5.20. The zero-order chi connectivity index (χ0) is 18.8. The van der Waals surface area contributed by atoms with Crippen LogP contribution >= 0.6 is 11.6 Å². The number of carbonyl (C=O) groups excluding carboxylic acids is 1. The fourth-order valence-electron chi connectivity index (χ4n) is 2.28. The van der Waals surface area contributed by atoms with Gasteiger partial charge in [-0.05, 0) is 37.9 Å². The molecule has 0 saturated carbocycles. The van der Waals surface area contributed by atoms with E-state index < -0.39 is 18.0 Å². The lowest BCUT2D eigenvalue weighted by Gasteiger charge is -2.33. The van der Waals surface area contributed by atoms with Crippen LogP contribution in [0.5, 0.6) is 0 Å². The SMILES string of the molecule is CCN1CCCCC1OC(=O)Nc1ccccc1Cl.O=C(O)C(=O)O. The average molecular weight is 373 g/mol. The van der Waals surface area contributed by atoms with Gasteiger partial charge < -0.3 is 14.9 Å². The maximum Gasteiger partial charge on any atom is 0.414 e. The summed E-state index contributed by atoms with van der Waals surface area (Å²) in [5.41, 5.74) is 0.577. The number of aliphatic carboxylic acids is 2. The first-order valence-electron chi connectivity index (χ1n) is 7.77. The zero-order valence-corrected chi connectivity index (χ0v) is 14.5. The highest BCUT2D eigenvalue weighted by Crippen LogP contribution is 2.22. The molecular formula is C16H21ClN2O6. The maximum absolute atomic E-state index is 11.9. The van der Waals surface area contributed by atoms with E-state index in [1.165, 1.54) is 6.42 Å². The van der Waals surface area contributed by atoms with Crippen molar-refractivity contribution < 1.29 is 29.3 Å². The number of para-hydroxylation sites is 1. The van der Waals surface area contributed by atoms with Crippen molar-refractivity contribution in [2.24, 2.45) is 0 Å². The van der Waals surface area contributed by atoms with Gasteiger partial charge in [-0.3, -0.25) is 10.2 Å². The Balaban J connectivity index is 0.000000450. The van der Waals surface area contributed by atoms with Gasteiger partial charge in [-0.1, -0.05) is 30.7 Å². The van der Waals surface area contributed by atoms with Crippen molar-refractivity contribution in [2.75, 3.05) is 18.4 Å². The first kappa shape index (κ1) is 20.7. The van der Waals surface area contributed by atoms with Crippen molar-refractivity contribution in [3.63, 3.8) is 0 Å². The second kappa shape index (κ2) is 10.5. The molecule has 1 heterocycles. The highest BCUT2D eigenvalue weighted by molar-refractivity contribution is 6.33. The number of carbonyl (C=O) groups is 3. The van der Waals surface area contributed by atoms with E-state index in [1.807, 2.05) is 12.1 Å². The van der Waals surface area contributed by atoms with E-state index >= 15 is 0 Å². The number of likely N-dealkylation sites (tertiary alicyclic amines) is 1. The molecule has 0 radical (unpaired) electrons. The molecule has 1 aromatic carbocycles. The summed E-state index contributed by atoms with van der Waals surface area (Å²) in [7, 11) is 0. The Morgan fingerprint density at radius 3 is 2.44 bits per heavy atom. The third kappa shape index (κ3) is 7.40. The Kier molecular flexibility index (Phi) is 8.73. The van der Waals surface area contributed by atoms with Crippen LogP contribution in [0, 0.1) is 0 Å². The Morgan fingerprint density at radius 2 is 1.88 bits per heavy atom. The molecule has 1 amide bonds. The summed E-state index contributed by atoms with van der Waals surface area (Å²) in [5, 5.41) is 18.0. The van der Waals surface area contributed by atoms with Crippen molar-refractivity contribution in [3.05, 3.63) is 29.3 Å². The normalized spacial score (nSPS) is 17.0. The molecule has 9 heteroatoms. The summed E-state index contributed by atoms with van der Waals surface area (Å²) in [6, 6.07) is 7.12. The summed E-state index contributed by atoms with van der Waals surface area (Å²) >= 11 is 5.99. The lowest BCUT2D eigenvalue weighted by molar-refractivity contribution is -0.159. The number of rotatable bonds is 3. The number of benzene rings is 1. The highest BCUT2D eigenvalue weighted by Gasteiger charge is 2.24. The smallest absolute Gasteiger partial charge is 0.414 e. The van der Waals surface area contributed by atoms with Crippen LogP contribution in [0.25, 0.3) is 0 Å². The van der Waals surface area contributed by atoms with Gasteiger partial charge in [0, 0.05) is 6.54 Å². The number of carboxylic acids is 2. The van der Waals surface area contributed by atoms with Gasteiger partial charge >= 0.3 is 18.0 Å². The fourth-order valence-corrected chi connectivity index (χ4v) is 2.46. The predicted molar refractivity (Wildman–Crippen MR) is 91.7 cm³/mol. The van der Waals surface area contributed by atoms with Crippen LogP contribution in [-0.4, -0.2) is 52.5 Å². The summed E-state index contributed by atoms with van der Waals surface area (Å²) in [6.07, 6.45) is 2.59. The van der Waals surface area contributed by atoms with Crippen LogP contribution in [0.3, 0.4) is 0 Å². The molecule has 1 saturated heterocycles. The minimum atomic E-state index is -1.82. The Bertz CT molecular complexity index is 598. The molecule has 0 bridgehead atoms. The molecule has 1 unspecified atom stereocenters. The number of halogens is 1. The number of carboxylic acid groups (broad SMARTS) is 2. The zero-order valence-electron chi connectivity index (χ0n) is 13.8. The Hall–Kier alpha value is -2.32. The molecule has 0 spiro atoms. The van der Waals surface area contributed by atoms with E-state index in [9.17, 15) is 4.79 Å². The first-order valence-corrected chi connectivity index (χ1v) is 8.15. The Labute approximate surface area is 150 Å². The molecule has 3 N–H and O–H groups in total. The first-order chi connectivity index (χ1) is 11.8. The topological polar surface area (TPSA) is 116 Å². The number of piperidine rings is 1. The van der Waals surface area contributed by atoms with E-state index in [-0.39, 0.29) is 6.23 Å². The van der Waals surface area contributed by atoms with E-state index in [0.29, 0.717) is 10.7 Å². The van der Waals surface area contributed by atoms with Crippen molar-refractivity contribution in [2.45, 2.75) is 32.4 Å². The van der Waals surface area contributed by atoms with Crippen molar-refractivity contribution in [1.82, 2.24) is 4.90 Å². The van der Waals surface area contributed by atoms with Gasteiger partial charge in [0.2, 0.25) is 0 Å². The van der Waals surface area contributed by atoms with E-state index in [4.69, 9.17) is 36.1 Å². The standard InChI is InChI=1S/C14H19ClN2O2.C2H2O4/c1-2-17-10-6-5-9-13(17)19-14(18)16-12-8-4-3-7-11(12)15;3-1(4)2(5)6/h3-4,7-8,13H,2,5-6,9-10H2,1H3,(H,16,18);(H,3,4)(H,5,6). The van der Waals surface area contributed by atoms with Crippen LogP contribution in [0.2, 0.25) is 5.02 Å². The monoisotopic (exact) mass is 372 g/mol. The van der Waals surface area contributed by atoms with Crippen LogP contribution in [0.4, 0.5) is 10.5 Å². The summed E-state index contributed by atoms with van der Waals surface area (Å²) in [6.45, 7) is 3.96. The molecule has 138 valence electrons. The van der Waals surface area contributed by atoms with Crippen molar-refractivity contribution in [1.29, 1.82) is 0 Å². The minimum absolute atomic E-state index is 0.124. The summed E-state index contributed by atoms with van der Waals surface area (Å²) < 4.78 is 5.47. The van der Waals surface area contributed by atoms with Gasteiger partial charge in [-0.15, -0.1) is 0 Å². The molecule has 1 fully saturated rings. The third-order valence-corrected chi connectivity index (χ3v) is 3.83. The minimum Gasteiger partial charge on any atom is -0.473 e. The number of ether oxygens (including phenoxy) is 1. The molecule has 1 aromatic rings. The highest BCUT2D eigenvalue weighted by atomic mass is 35.5. The third-order valence-electron chi connectivity index (χ3n) is 3.50. The predicted octanol–water partition coefficient (Wildman–Crippen LogP) is 2.88. The molecule has 0 aromatic heterocycles. The molecule has 25 heavy (non-hydrogen) atoms. The number of nitrogens with zero attached hydrogens (tertiary/aromatic N) is 1. The van der Waals surface area contributed by atoms with Crippen LogP contribution in [0.15, 0.2) is 24.3 Å². The van der Waals surface area contributed by atoms with Crippen LogP contribution in [-0.2, 0) is 14.3 Å². The summed E-state index contributed by atoms with van der Waals surface area (Å²) in [5.74, 6) is -3.65. The van der Waals surface area contributed by atoms with Crippen molar-refractivity contribution >= 4 is 35.3 Å². The number of hydrogen-bond acceptors (Lipinski definition) is 5. The molecule has 1 aliphatic rings. The number of anilines is 1. The Morgan fingerprint density at radius 1 is 1.24 bits per heavy atom. The lowest BCUT2D eigenvalue weighted by atomic mass is 10.1. The number of amides is 1. The fraction of sp³-hybridized carbons (Fsp3) is 0.438. The van der Waals surface area contributed by atoms with Gasteiger partial charge in [-0.2, -0.15) is 0 Å². The lowest BCUT2D eigenvalue weighted by Crippen LogP contribution is -2.42. The molecule has 1 aliphatic heterocycles. The second-order valence-corrected chi connectivity index (χ2v) is 5.61. The van der Waals surface area contributed by atoms with Gasteiger partial charge in [0.15, 0.2) is 6.23 Å². The quantitative estimate of drug-likeness (QED) is 0.698. The number of nitrogens with one attached hydrogen (secondary N) is 1. The maximum atomic E-state index is 11.9. The largest absolute Gasteiger partial charge is 0.473 e. The van der Waals surface area contributed by atoms with Gasteiger partial charge in [-0.25, -0.2) is 14.4 Å². The van der Waals surface area contributed by atoms with E-state index in [2.05, 4.69) is 17.1 Å². The molecule has 1 atom stereocenters. The van der Waals surface area contributed by atoms with E-state index in [0.717, 1.165) is 25.9 Å². The van der Waals surface area contributed by atoms with Gasteiger partial charge in [0.25, 0.3) is 0 Å². The van der Waals surface area contributed by atoms with Gasteiger partial charge in [0.1, 0.15) is 0 Å². The van der Waals surface area contributed by atoms with Crippen LogP contribution < -0.4 is 5.32 Å². The average Bonchev–Trinajstić information content (AvgIpc) is 2.58. The summed E-state index contributed by atoms with van der Waals surface area (Å²) in [4.78, 5) is 32.3. The van der Waals surface area contributed by atoms with Gasteiger partial charge in [0.05, 0.1) is 10.7 Å².